The van der Waals surface area contributed by atoms with Gasteiger partial charge in [-0.15, -0.1) is 0 Å². The Morgan fingerprint density at radius 2 is 1.94 bits per heavy atom. The third-order valence-corrected chi connectivity index (χ3v) is 3.58. The molecule has 0 fully saturated rings. The lowest BCUT2D eigenvalue weighted by atomic mass is 10.1. The molecule has 0 atom stereocenters. The van der Waals surface area contributed by atoms with Gasteiger partial charge in [0.2, 0.25) is 5.91 Å². The van der Waals surface area contributed by atoms with E-state index in [4.69, 9.17) is 0 Å². The highest BCUT2D eigenvalue weighted by Gasteiger charge is 2.16. The van der Waals surface area contributed by atoms with Gasteiger partial charge in [-0.2, -0.15) is 11.8 Å². The summed E-state index contributed by atoms with van der Waals surface area (Å²) in [6, 6.07) is 10.4. The maximum absolute atomic E-state index is 12.2. The first-order chi connectivity index (χ1) is 8.65. The molecule has 3 heteroatoms. The van der Waals surface area contributed by atoms with E-state index in [0.29, 0.717) is 6.42 Å². The Balaban J connectivity index is 2.57. The van der Waals surface area contributed by atoms with Crippen molar-refractivity contribution in [1.29, 1.82) is 0 Å². The minimum absolute atomic E-state index is 0.256. The molecule has 0 aliphatic carbocycles. The molecule has 0 spiro atoms. The topological polar surface area (TPSA) is 20.3 Å². The largest absolute Gasteiger partial charge is 0.336 e. The highest BCUT2D eigenvalue weighted by Crippen LogP contribution is 2.11. The Kier molecular flexibility index (Phi) is 6.88. The average Bonchev–Trinajstić information content (AvgIpc) is 2.37. The molecule has 0 aromatic heterocycles. The fraction of sp³-hybridized carbons (Fsp3) is 0.533. The molecule has 1 amide bonds. The molecule has 0 bridgehead atoms. The van der Waals surface area contributed by atoms with Crippen LogP contribution in [0.1, 0.15) is 32.3 Å². The summed E-state index contributed by atoms with van der Waals surface area (Å²) in [7, 11) is 0. The SMILES string of the molecule is CSCCCC(=O)N(Cc1ccccc1)C(C)C. The summed E-state index contributed by atoms with van der Waals surface area (Å²) in [5.41, 5.74) is 1.20. The molecule has 0 aliphatic heterocycles. The quantitative estimate of drug-likeness (QED) is 0.703. The minimum Gasteiger partial charge on any atom is -0.336 e. The monoisotopic (exact) mass is 265 g/mol. The summed E-state index contributed by atoms with van der Waals surface area (Å²) in [4.78, 5) is 14.1. The van der Waals surface area contributed by atoms with Crippen LogP contribution in [0.3, 0.4) is 0 Å². The predicted octanol–water partition coefficient (Wildman–Crippen LogP) is 3.57. The normalized spacial score (nSPS) is 10.7. The average molecular weight is 265 g/mol. The van der Waals surface area contributed by atoms with Gasteiger partial charge in [0, 0.05) is 19.0 Å². The summed E-state index contributed by atoms with van der Waals surface area (Å²) in [6.45, 7) is 4.88. The van der Waals surface area contributed by atoms with Crippen LogP contribution in [0, 0.1) is 0 Å². The molecule has 0 aliphatic rings. The Morgan fingerprint density at radius 3 is 2.50 bits per heavy atom. The van der Waals surface area contributed by atoms with Gasteiger partial charge in [0.15, 0.2) is 0 Å². The molecule has 2 nitrogen and oxygen atoms in total. The van der Waals surface area contributed by atoms with E-state index in [-0.39, 0.29) is 11.9 Å². The van der Waals surface area contributed by atoms with Crippen LogP contribution in [0.15, 0.2) is 30.3 Å². The van der Waals surface area contributed by atoms with E-state index >= 15 is 0 Å². The van der Waals surface area contributed by atoms with E-state index in [9.17, 15) is 4.79 Å². The van der Waals surface area contributed by atoms with Crippen LogP contribution in [0.4, 0.5) is 0 Å². The first-order valence-electron chi connectivity index (χ1n) is 6.47. The number of rotatable bonds is 7. The van der Waals surface area contributed by atoms with Gasteiger partial charge in [-0.3, -0.25) is 4.79 Å². The first-order valence-corrected chi connectivity index (χ1v) is 7.87. The van der Waals surface area contributed by atoms with Crippen LogP contribution >= 0.6 is 11.8 Å². The molecule has 0 saturated carbocycles. The molecular formula is C15H23NOS. The second-order valence-corrected chi connectivity index (χ2v) is 5.68. The fourth-order valence-electron chi connectivity index (χ4n) is 1.85. The smallest absolute Gasteiger partial charge is 0.223 e. The van der Waals surface area contributed by atoms with Crippen LogP contribution in [0.5, 0.6) is 0 Å². The molecule has 0 N–H and O–H groups in total. The van der Waals surface area contributed by atoms with Crippen molar-refractivity contribution >= 4 is 17.7 Å². The van der Waals surface area contributed by atoms with Gasteiger partial charge in [0.05, 0.1) is 0 Å². The standard InChI is InChI=1S/C15H23NOS/c1-13(2)16(15(17)10-7-11-18-3)12-14-8-5-4-6-9-14/h4-6,8-9,13H,7,10-12H2,1-3H3. The lowest BCUT2D eigenvalue weighted by Gasteiger charge is -2.27. The molecule has 18 heavy (non-hydrogen) atoms. The van der Waals surface area contributed by atoms with Crippen LogP contribution in [0.25, 0.3) is 0 Å². The Labute approximate surface area is 115 Å². The third kappa shape index (κ3) is 5.13. The van der Waals surface area contributed by atoms with E-state index in [1.807, 2.05) is 23.1 Å². The zero-order valence-corrected chi connectivity index (χ0v) is 12.4. The zero-order chi connectivity index (χ0) is 13.4. The molecule has 1 aromatic carbocycles. The van der Waals surface area contributed by atoms with Crippen molar-refractivity contribution in [2.75, 3.05) is 12.0 Å². The van der Waals surface area contributed by atoms with Gasteiger partial charge >= 0.3 is 0 Å². The zero-order valence-electron chi connectivity index (χ0n) is 11.6. The maximum Gasteiger partial charge on any atom is 0.223 e. The van der Waals surface area contributed by atoms with E-state index in [0.717, 1.165) is 18.7 Å². The van der Waals surface area contributed by atoms with Crippen molar-refractivity contribution < 1.29 is 4.79 Å². The van der Waals surface area contributed by atoms with Crippen molar-refractivity contribution in [2.45, 2.75) is 39.3 Å². The minimum atomic E-state index is 0.256. The van der Waals surface area contributed by atoms with Crippen LogP contribution in [-0.2, 0) is 11.3 Å². The summed E-state index contributed by atoms with van der Waals surface area (Å²) >= 11 is 1.80. The number of benzene rings is 1. The summed E-state index contributed by atoms with van der Waals surface area (Å²) in [6.07, 6.45) is 3.71. The fourth-order valence-corrected chi connectivity index (χ4v) is 2.28. The van der Waals surface area contributed by atoms with Crippen LogP contribution in [-0.4, -0.2) is 28.9 Å². The number of carbonyl (C=O) groups is 1. The lowest BCUT2D eigenvalue weighted by Crippen LogP contribution is -2.36. The second kappa shape index (κ2) is 8.20. The molecule has 0 heterocycles. The van der Waals surface area contributed by atoms with Gasteiger partial charge < -0.3 is 4.90 Å². The predicted molar refractivity (Wildman–Crippen MR) is 79.7 cm³/mol. The third-order valence-electron chi connectivity index (χ3n) is 2.88. The van der Waals surface area contributed by atoms with Gasteiger partial charge in [-0.25, -0.2) is 0 Å². The number of amides is 1. The molecule has 0 saturated heterocycles. The molecule has 1 rings (SSSR count). The molecule has 100 valence electrons. The Hall–Kier alpha value is -0.960. The number of thioether (sulfide) groups is 1. The van der Waals surface area contributed by atoms with Crippen molar-refractivity contribution in [3.8, 4) is 0 Å². The lowest BCUT2D eigenvalue weighted by molar-refractivity contribution is -0.133. The van der Waals surface area contributed by atoms with E-state index in [1.165, 1.54) is 5.56 Å². The van der Waals surface area contributed by atoms with Gasteiger partial charge in [0.25, 0.3) is 0 Å². The van der Waals surface area contributed by atoms with Gasteiger partial charge in [0.1, 0.15) is 0 Å². The summed E-state index contributed by atoms with van der Waals surface area (Å²) in [5.74, 6) is 1.33. The van der Waals surface area contributed by atoms with Crippen LogP contribution < -0.4 is 0 Å². The Bertz CT molecular complexity index is 351. The molecular weight excluding hydrogens is 242 g/mol. The van der Waals surface area contributed by atoms with E-state index < -0.39 is 0 Å². The van der Waals surface area contributed by atoms with Crippen molar-refractivity contribution in [3.63, 3.8) is 0 Å². The number of hydrogen-bond acceptors (Lipinski definition) is 2. The van der Waals surface area contributed by atoms with Gasteiger partial charge in [-0.1, -0.05) is 30.3 Å². The van der Waals surface area contributed by atoms with E-state index in [1.54, 1.807) is 11.8 Å². The highest BCUT2D eigenvalue weighted by molar-refractivity contribution is 7.98. The van der Waals surface area contributed by atoms with Gasteiger partial charge in [-0.05, 0) is 37.8 Å². The number of nitrogens with zero attached hydrogens (tertiary/aromatic N) is 1. The first kappa shape index (κ1) is 15.1. The molecule has 0 unspecified atom stereocenters. The molecule has 1 aromatic rings. The van der Waals surface area contributed by atoms with Crippen LogP contribution in [0.2, 0.25) is 0 Å². The highest BCUT2D eigenvalue weighted by atomic mass is 32.2. The second-order valence-electron chi connectivity index (χ2n) is 4.70. The summed E-state index contributed by atoms with van der Waals surface area (Å²) in [5, 5.41) is 0. The maximum atomic E-state index is 12.2. The Morgan fingerprint density at radius 1 is 1.28 bits per heavy atom. The molecule has 0 radical (unpaired) electrons. The summed E-state index contributed by atoms with van der Waals surface area (Å²) < 4.78 is 0. The van der Waals surface area contributed by atoms with Crippen molar-refractivity contribution in [1.82, 2.24) is 4.90 Å². The number of carbonyl (C=O) groups excluding carboxylic acids is 1. The number of hydrogen-bond donors (Lipinski definition) is 0. The van der Waals surface area contributed by atoms with E-state index in [2.05, 4.69) is 32.2 Å². The van der Waals surface area contributed by atoms with Crippen molar-refractivity contribution in [3.05, 3.63) is 35.9 Å². The van der Waals surface area contributed by atoms with Crippen molar-refractivity contribution in [2.24, 2.45) is 0 Å².